The molecule has 138 valence electrons. The molecule has 0 spiro atoms. The fourth-order valence-electron chi connectivity index (χ4n) is 2.85. The molecule has 3 rings (SSSR count). The van der Waals surface area contributed by atoms with E-state index in [-0.39, 0.29) is 30.7 Å². The summed E-state index contributed by atoms with van der Waals surface area (Å²) < 4.78 is 6.90. The van der Waals surface area contributed by atoms with Crippen LogP contribution in [-0.4, -0.2) is 57.8 Å². The summed E-state index contributed by atoms with van der Waals surface area (Å²) in [4.78, 5) is 29.9. The number of hydrogen-bond donors (Lipinski definition) is 1. The van der Waals surface area contributed by atoms with Gasteiger partial charge in [-0.1, -0.05) is 12.1 Å². The van der Waals surface area contributed by atoms with Crippen LogP contribution < -0.4 is 5.32 Å². The van der Waals surface area contributed by atoms with Crippen molar-refractivity contribution in [2.24, 2.45) is 0 Å². The SMILES string of the molecule is C[C@H](NC(=O)CCC(=O)N1CCOCC1)c1ccc(-n2cncn2)cc1. The number of carbonyl (C=O) groups is 2. The van der Waals surface area contributed by atoms with Crippen molar-refractivity contribution in [3.63, 3.8) is 0 Å². The van der Waals surface area contributed by atoms with Crippen LogP contribution in [0.2, 0.25) is 0 Å². The lowest BCUT2D eigenvalue weighted by Crippen LogP contribution is -2.41. The molecule has 1 aromatic carbocycles. The first-order valence-electron chi connectivity index (χ1n) is 8.73. The van der Waals surface area contributed by atoms with Crippen LogP contribution in [0.15, 0.2) is 36.9 Å². The van der Waals surface area contributed by atoms with Crippen LogP contribution in [-0.2, 0) is 14.3 Å². The molecule has 1 fully saturated rings. The first kappa shape index (κ1) is 18.1. The minimum absolute atomic E-state index is 0.00767. The Labute approximate surface area is 152 Å². The molecule has 1 aromatic heterocycles. The molecular weight excluding hydrogens is 334 g/mol. The molecule has 1 aliphatic heterocycles. The van der Waals surface area contributed by atoms with Crippen molar-refractivity contribution >= 4 is 11.8 Å². The molecular formula is C18H23N5O3. The van der Waals surface area contributed by atoms with Gasteiger partial charge in [-0.25, -0.2) is 9.67 Å². The average Bonchev–Trinajstić information content (AvgIpc) is 3.21. The summed E-state index contributed by atoms with van der Waals surface area (Å²) in [5.74, 6) is -0.118. The van der Waals surface area contributed by atoms with Crippen molar-refractivity contribution < 1.29 is 14.3 Å². The number of carbonyl (C=O) groups excluding carboxylic acids is 2. The van der Waals surface area contributed by atoms with Crippen LogP contribution in [0.4, 0.5) is 0 Å². The van der Waals surface area contributed by atoms with E-state index >= 15 is 0 Å². The summed E-state index contributed by atoms with van der Waals surface area (Å²) in [6, 6.07) is 7.61. The van der Waals surface area contributed by atoms with Gasteiger partial charge in [0.1, 0.15) is 12.7 Å². The van der Waals surface area contributed by atoms with E-state index in [1.165, 1.54) is 6.33 Å². The zero-order valence-electron chi connectivity index (χ0n) is 14.8. The number of amides is 2. The van der Waals surface area contributed by atoms with Crippen LogP contribution in [0.25, 0.3) is 5.69 Å². The van der Waals surface area contributed by atoms with Crippen LogP contribution in [0.1, 0.15) is 31.4 Å². The Morgan fingerprint density at radius 1 is 1.19 bits per heavy atom. The molecule has 2 heterocycles. The summed E-state index contributed by atoms with van der Waals surface area (Å²) >= 11 is 0. The van der Waals surface area contributed by atoms with Gasteiger partial charge in [0, 0.05) is 25.9 Å². The van der Waals surface area contributed by atoms with E-state index in [2.05, 4.69) is 15.4 Å². The van der Waals surface area contributed by atoms with E-state index in [1.54, 1.807) is 15.9 Å². The van der Waals surface area contributed by atoms with Crippen LogP contribution in [0, 0.1) is 0 Å². The maximum absolute atomic E-state index is 12.1. The molecule has 1 saturated heterocycles. The van der Waals surface area contributed by atoms with Crippen LogP contribution in [0.3, 0.4) is 0 Å². The van der Waals surface area contributed by atoms with Gasteiger partial charge < -0.3 is 15.0 Å². The number of aromatic nitrogens is 3. The van der Waals surface area contributed by atoms with Crippen LogP contribution >= 0.6 is 0 Å². The normalized spacial score (nSPS) is 15.5. The number of ether oxygens (including phenoxy) is 1. The quantitative estimate of drug-likeness (QED) is 0.836. The maximum atomic E-state index is 12.1. The highest BCUT2D eigenvalue weighted by molar-refractivity contribution is 5.84. The van der Waals surface area contributed by atoms with Gasteiger partial charge in [0.05, 0.1) is 24.9 Å². The third-order valence-corrected chi connectivity index (χ3v) is 4.38. The summed E-state index contributed by atoms with van der Waals surface area (Å²) in [6.07, 6.45) is 3.53. The molecule has 0 bridgehead atoms. The third-order valence-electron chi connectivity index (χ3n) is 4.38. The fraction of sp³-hybridized carbons (Fsp3) is 0.444. The van der Waals surface area contributed by atoms with Gasteiger partial charge in [-0.2, -0.15) is 5.10 Å². The molecule has 8 nitrogen and oxygen atoms in total. The number of morpholine rings is 1. The van der Waals surface area contributed by atoms with Crippen LogP contribution in [0.5, 0.6) is 0 Å². The summed E-state index contributed by atoms with van der Waals surface area (Å²) in [5, 5.41) is 7.02. The molecule has 0 radical (unpaired) electrons. The lowest BCUT2D eigenvalue weighted by molar-refractivity contribution is -0.137. The smallest absolute Gasteiger partial charge is 0.223 e. The topological polar surface area (TPSA) is 89.4 Å². The molecule has 8 heteroatoms. The molecule has 0 unspecified atom stereocenters. The minimum Gasteiger partial charge on any atom is -0.378 e. The lowest BCUT2D eigenvalue weighted by Gasteiger charge is -2.26. The third kappa shape index (κ3) is 4.66. The Balaban J connectivity index is 1.47. The van der Waals surface area contributed by atoms with Crippen molar-refractivity contribution in [3.05, 3.63) is 42.5 Å². The van der Waals surface area contributed by atoms with Gasteiger partial charge in [0.15, 0.2) is 0 Å². The highest BCUT2D eigenvalue weighted by Gasteiger charge is 2.18. The Morgan fingerprint density at radius 2 is 1.92 bits per heavy atom. The number of hydrogen-bond acceptors (Lipinski definition) is 5. The Bertz CT molecular complexity index is 724. The zero-order valence-corrected chi connectivity index (χ0v) is 14.8. The van der Waals surface area contributed by atoms with Crippen molar-refractivity contribution in [1.82, 2.24) is 25.0 Å². The second-order valence-corrected chi connectivity index (χ2v) is 6.21. The van der Waals surface area contributed by atoms with Gasteiger partial charge in [-0.05, 0) is 24.6 Å². The van der Waals surface area contributed by atoms with Crippen molar-refractivity contribution in [3.8, 4) is 5.69 Å². The Kier molecular flexibility index (Phi) is 5.96. The monoisotopic (exact) mass is 357 g/mol. The van der Waals surface area contributed by atoms with Gasteiger partial charge >= 0.3 is 0 Å². The van der Waals surface area contributed by atoms with E-state index in [1.807, 2.05) is 31.2 Å². The van der Waals surface area contributed by atoms with Crippen molar-refractivity contribution in [2.75, 3.05) is 26.3 Å². The molecule has 1 aliphatic rings. The molecule has 1 atom stereocenters. The molecule has 0 aliphatic carbocycles. The Morgan fingerprint density at radius 3 is 2.58 bits per heavy atom. The molecule has 1 N–H and O–H groups in total. The highest BCUT2D eigenvalue weighted by Crippen LogP contribution is 2.15. The fourth-order valence-corrected chi connectivity index (χ4v) is 2.85. The van der Waals surface area contributed by atoms with E-state index in [4.69, 9.17) is 4.74 Å². The number of benzene rings is 1. The largest absolute Gasteiger partial charge is 0.378 e. The Hall–Kier alpha value is -2.74. The van der Waals surface area contributed by atoms with E-state index in [0.29, 0.717) is 26.3 Å². The molecule has 26 heavy (non-hydrogen) atoms. The lowest BCUT2D eigenvalue weighted by atomic mass is 10.1. The first-order chi connectivity index (χ1) is 12.6. The number of rotatable bonds is 6. The van der Waals surface area contributed by atoms with Crippen molar-refractivity contribution in [1.29, 1.82) is 0 Å². The molecule has 2 amide bonds. The van der Waals surface area contributed by atoms with E-state index < -0.39 is 0 Å². The maximum Gasteiger partial charge on any atom is 0.223 e. The number of nitrogens with zero attached hydrogens (tertiary/aromatic N) is 4. The summed E-state index contributed by atoms with van der Waals surface area (Å²) in [7, 11) is 0. The van der Waals surface area contributed by atoms with Gasteiger partial charge in [0.2, 0.25) is 11.8 Å². The second-order valence-electron chi connectivity index (χ2n) is 6.21. The van der Waals surface area contributed by atoms with Gasteiger partial charge in [-0.15, -0.1) is 0 Å². The molecule has 2 aromatic rings. The average molecular weight is 357 g/mol. The second kappa shape index (κ2) is 8.57. The summed E-state index contributed by atoms with van der Waals surface area (Å²) in [6.45, 7) is 4.27. The first-order valence-corrected chi connectivity index (χ1v) is 8.73. The van der Waals surface area contributed by atoms with E-state index in [9.17, 15) is 9.59 Å². The van der Waals surface area contributed by atoms with Gasteiger partial charge in [0.25, 0.3) is 0 Å². The van der Waals surface area contributed by atoms with Gasteiger partial charge in [-0.3, -0.25) is 9.59 Å². The summed E-state index contributed by atoms with van der Waals surface area (Å²) in [5.41, 5.74) is 1.89. The molecule has 0 saturated carbocycles. The minimum atomic E-state index is -0.134. The van der Waals surface area contributed by atoms with Crippen molar-refractivity contribution in [2.45, 2.75) is 25.8 Å². The van der Waals surface area contributed by atoms with E-state index in [0.717, 1.165) is 11.3 Å². The number of nitrogens with one attached hydrogen (secondary N) is 1. The predicted molar refractivity (Wildman–Crippen MR) is 94.5 cm³/mol. The predicted octanol–water partition coefficient (Wildman–Crippen LogP) is 1.08. The zero-order chi connectivity index (χ0) is 18.4. The standard InChI is InChI=1S/C18H23N5O3/c1-14(15-2-4-16(5-3-15)23-13-19-12-20-23)21-17(24)6-7-18(25)22-8-10-26-11-9-22/h2-5,12-14H,6-11H2,1H3,(H,21,24)/t14-/m0/s1. The highest BCUT2D eigenvalue weighted by atomic mass is 16.5.